The van der Waals surface area contributed by atoms with E-state index in [1.165, 1.54) is 0 Å². The van der Waals surface area contributed by atoms with Gasteiger partial charge in [0.25, 0.3) is 0 Å². The van der Waals surface area contributed by atoms with Crippen molar-refractivity contribution in [1.82, 2.24) is 0 Å². The third-order valence-corrected chi connectivity index (χ3v) is 2.03. The molecule has 1 aliphatic rings. The Morgan fingerprint density at radius 3 is 3.00 bits per heavy atom. The number of nitrogens with one attached hydrogen (secondary N) is 1. The largest absolute Gasteiger partial charge is 0.385 e. The van der Waals surface area contributed by atoms with Crippen LogP contribution in [0.15, 0.2) is 24.3 Å². The summed E-state index contributed by atoms with van der Waals surface area (Å²) < 4.78 is 0. The van der Waals surface area contributed by atoms with Gasteiger partial charge in [-0.2, -0.15) is 0 Å². The third-order valence-electron chi connectivity index (χ3n) is 2.03. The minimum atomic E-state index is -0.521. The Morgan fingerprint density at radius 2 is 2.18 bits per heavy atom. The second-order valence-corrected chi connectivity index (χ2v) is 2.79. The monoisotopic (exact) mass is 148 g/mol. The fraction of sp³-hybridized carbons (Fsp3) is 0.333. The van der Waals surface area contributed by atoms with E-state index in [0.29, 0.717) is 6.42 Å². The van der Waals surface area contributed by atoms with Crippen LogP contribution in [0.3, 0.4) is 0 Å². The van der Waals surface area contributed by atoms with Crippen molar-refractivity contribution in [1.29, 1.82) is 0 Å². The van der Waals surface area contributed by atoms with Crippen LogP contribution >= 0.6 is 0 Å². The highest BCUT2D eigenvalue weighted by atomic mass is 16.3. The van der Waals surface area contributed by atoms with E-state index in [9.17, 15) is 5.11 Å². The first-order chi connectivity index (χ1) is 5.38. The summed E-state index contributed by atoms with van der Waals surface area (Å²) in [5, 5.41) is 14.5. The maximum absolute atomic E-state index is 11.3. The SMILES string of the molecule is [O]C1CCNc2ccccc21. The number of benzene rings is 1. The summed E-state index contributed by atoms with van der Waals surface area (Å²) in [7, 11) is 0. The van der Waals surface area contributed by atoms with Crippen molar-refractivity contribution in [3.8, 4) is 0 Å². The molecule has 1 aliphatic heterocycles. The van der Waals surface area contributed by atoms with Gasteiger partial charge in [0, 0.05) is 17.8 Å². The predicted octanol–water partition coefficient (Wildman–Crippen LogP) is 1.97. The van der Waals surface area contributed by atoms with Crippen LogP contribution < -0.4 is 5.32 Å². The van der Waals surface area contributed by atoms with Crippen LogP contribution in [0, 0.1) is 0 Å². The summed E-state index contributed by atoms with van der Waals surface area (Å²) in [6.07, 6.45) is 0.184. The van der Waals surface area contributed by atoms with Gasteiger partial charge >= 0.3 is 0 Å². The van der Waals surface area contributed by atoms with Gasteiger partial charge in [-0.25, -0.2) is 5.11 Å². The molecule has 0 saturated heterocycles. The molecule has 0 amide bonds. The molecule has 0 bridgehead atoms. The quantitative estimate of drug-likeness (QED) is 0.599. The molecule has 0 fully saturated rings. The molecule has 2 heteroatoms. The van der Waals surface area contributed by atoms with Crippen molar-refractivity contribution in [3.05, 3.63) is 29.8 Å². The van der Waals surface area contributed by atoms with E-state index in [4.69, 9.17) is 0 Å². The van der Waals surface area contributed by atoms with Crippen molar-refractivity contribution in [2.45, 2.75) is 12.5 Å². The zero-order valence-electron chi connectivity index (χ0n) is 6.21. The summed E-state index contributed by atoms with van der Waals surface area (Å²) in [6, 6.07) is 7.72. The molecule has 0 aliphatic carbocycles. The molecule has 1 radical (unpaired) electrons. The summed E-state index contributed by atoms with van der Waals surface area (Å²) in [5.41, 5.74) is 1.93. The van der Waals surface area contributed by atoms with Gasteiger partial charge in [0.15, 0.2) is 0 Å². The van der Waals surface area contributed by atoms with E-state index in [2.05, 4.69) is 5.32 Å². The number of rotatable bonds is 0. The zero-order chi connectivity index (χ0) is 7.68. The molecular weight excluding hydrogens is 138 g/mol. The van der Waals surface area contributed by atoms with Crippen molar-refractivity contribution in [2.24, 2.45) is 0 Å². The van der Waals surface area contributed by atoms with Crippen LogP contribution in [0.1, 0.15) is 18.1 Å². The van der Waals surface area contributed by atoms with Gasteiger partial charge in [-0.1, -0.05) is 18.2 Å². The number of fused-ring (bicyclic) bond motifs is 1. The van der Waals surface area contributed by atoms with E-state index in [0.717, 1.165) is 17.8 Å². The Bertz CT molecular complexity index is 259. The topological polar surface area (TPSA) is 31.9 Å². The maximum atomic E-state index is 11.3. The first-order valence-electron chi connectivity index (χ1n) is 3.86. The molecule has 1 N–H and O–H groups in total. The van der Waals surface area contributed by atoms with Gasteiger partial charge in [0.2, 0.25) is 0 Å². The van der Waals surface area contributed by atoms with Crippen LogP contribution in [0.25, 0.3) is 0 Å². The lowest BCUT2D eigenvalue weighted by Gasteiger charge is -2.20. The number of para-hydroxylation sites is 1. The standard InChI is InChI=1S/C9H10NO/c11-9-5-6-10-8-4-2-1-3-7(8)9/h1-4,9-10H,5-6H2. The van der Waals surface area contributed by atoms with Gasteiger partial charge in [-0.3, -0.25) is 0 Å². The summed E-state index contributed by atoms with van der Waals surface area (Å²) in [6.45, 7) is 0.811. The lowest BCUT2D eigenvalue weighted by Crippen LogP contribution is -2.15. The summed E-state index contributed by atoms with van der Waals surface area (Å²) >= 11 is 0. The molecule has 1 atom stereocenters. The third kappa shape index (κ3) is 1.10. The predicted molar refractivity (Wildman–Crippen MR) is 43.0 cm³/mol. The number of anilines is 1. The number of hydrogen-bond donors (Lipinski definition) is 1. The Balaban J connectivity index is 2.44. The smallest absolute Gasteiger partial charge is 0.122 e. The van der Waals surface area contributed by atoms with Gasteiger partial charge < -0.3 is 5.32 Å². The second-order valence-electron chi connectivity index (χ2n) is 2.79. The average molecular weight is 148 g/mol. The Morgan fingerprint density at radius 1 is 1.36 bits per heavy atom. The molecule has 0 spiro atoms. The number of hydrogen-bond acceptors (Lipinski definition) is 1. The molecule has 0 saturated carbocycles. The minimum Gasteiger partial charge on any atom is -0.385 e. The lowest BCUT2D eigenvalue weighted by atomic mass is 10.0. The lowest BCUT2D eigenvalue weighted by molar-refractivity contribution is 0.0821. The van der Waals surface area contributed by atoms with Gasteiger partial charge in [-0.05, 0) is 12.5 Å². The highest BCUT2D eigenvalue weighted by molar-refractivity contribution is 5.53. The molecule has 1 aromatic carbocycles. The van der Waals surface area contributed by atoms with Crippen LogP contribution in [0.4, 0.5) is 5.69 Å². The first-order valence-corrected chi connectivity index (χ1v) is 3.86. The van der Waals surface area contributed by atoms with E-state index < -0.39 is 6.10 Å². The van der Waals surface area contributed by atoms with Gasteiger partial charge in [0.1, 0.15) is 6.10 Å². The van der Waals surface area contributed by atoms with Crippen LogP contribution in [-0.2, 0) is 5.11 Å². The van der Waals surface area contributed by atoms with E-state index in [1.54, 1.807) is 0 Å². The molecule has 1 unspecified atom stereocenters. The average Bonchev–Trinajstić information content (AvgIpc) is 2.06. The maximum Gasteiger partial charge on any atom is 0.122 e. The summed E-state index contributed by atoms with van der Waals surface area (Å²) in [5.74, 6) is 0. The minimum absolute atomic E-state index is 0.521. The fourth-order valence-electron chi connectivity index (χ4n) is 1.43. The van der Waals surface area contributed by atoms with Gasteiger partial charge in [0.05, 0.1) is 0 Å². The first kappa shape index (κ1) is 6.68. The van der Waals surface area contributed by atoms with Crippen LogP contribution in [0.2, 0.25) is 0 Å². The van der Waals surface area contributed by atoms with Crippen LogP contribution in [-0.4, -0.2) is 6.54 Å². The fourth-order valence-corrected chi connectivity index (χ4v) is 1.43. The van der Waals surface area contributed by atoms with Crippen LogP contribution in [0.5, 0.6) is 0 Å². The van der Waals surface area contributed by atoms with Crippen molar-refractivity contribution in [2.75, 3.05) is 11.9 Å². The molecule has 0 aromatic heterocycles. The molecular formula is C9H10NO. The zero-order valence-corrected chi connectivity index (χ0v) is 6.21. The van der Waals surface area contributed by atoms with E-state index in [1.807, 2.05) is 24.3 Å². The Hall–Kier alpha value is -1.02. The van der Waals surface area contributed by atoms with Crippen molar-refractivity contribution >= 4 is 5.69 Å². The molecule has 2 rings (SSSR count). The molecule has 57 valence electrons. The Kier molecular flexibility index (Phi) is 1.55. The molecule has 1 heterocycles. The normalized spacial score (nSPS) is 22.1. The van der Waals surface area contributed by atoms with E-state index in [-0.39, 0.29) is 0 Å². The van der Waals surface area contributed by atoms with Gasteiger partial charge in [-0.15, -0.1) is 0 Å². The van der Waals surface area contributed by atoms with Crippen molar-refractivity contribution < 1.29 is 5.11 Å². The van der Waals surface area contributed by atoms with E-state index >= 15 is 0 Å². The molecule has 11 heavy (non-hydrogen) atoms. The molecule has 2 nitrogen and oxygen atoms in total. The highest BCUT2D eigenvalue weighted by Gasteiger charge is 2.17. The Labute approximate surface area is 65.9 Å². The second kappa shape index (κ2) is 2.55. The summed E-state index contributed by atoms with van der Waals surface area (Å²) in [4.78, 5) is 0. The molecule has 1 aromatic rings. The van der Waals surface area contributed by atoms with Crippen molar-refractivity contribution in [3.63, 3.8) is 0 Å². The highest BCUT2D eigenvalue weighted by Crippen LogP contribution is 2.29.